The molecular formula is C10H15NOS. The Morgan fingerprint density at radius 2 is 2.15 bits per heavy atom. The van der Waals surface area contributed by atoms with Crippen molar-refractivity contribution >= 4 is 17.4 Å². The Balaban J connectivity index is 2.50. The highest BCUT2D eigenvalue weighted by molar-refractivity contribution is 7.99. The minimum Gasteiger partial charge on any atom is -0.398 e. The summed E-state index contributed by atoms with van der Waals surface area (Å²) in [4.78, 5) is 1.05. The van der Waals surface area contributed by atoms with Crippen molar-refractivity contribution in [3.63, 3.8) is 0 Å². The molecule has 72 valence electrons. The van der Waals surface area contributed by atoms with Gasteiger partial charge in [-0.05, 0) is 18.6 Å². The zero-order valence-corrected chi connectivity index (χ0v) is 8.55. The summed E-state index contributed by atoms with van der Waals surface area (Å²) in [5, 5.41) is 9.35. The largest absolute Gasteiger partial charge is 0.398 e. The summed E-state index contributed by atoms with van der Waals surface area (Å²) in [6.07, 6.45) is 0.560. The van der Waals surface area contributed by atoms with Crippen LogP contribution in [0.25, 0.3) is 0 Å². The summed E-state index contributed by atoms with van der Waals surface area (Å²) in [7, 11) is 0. The fourth-order valence-corrected chi connectivity index (χ4v) is 1.93. The summed E-state index contributed by atoms with van der Waals surface area (Å²) in [5.74, 6) is 0.713. The molecule has 1 rings (SSSR count). The average Bonchev–Trinajstić information content (AvgIpc) is 2.16. The Bertz CT molecular complexity index is 265. The zero-order valence-electron chi connectivity index (χ0n) is 7.73. The number of hydrogen-bond acceptors (Lipinski definition) is 3. The molecule has 1 aromatic rings. The normalized spacial score (nSPS) is 12.8. The SMILES string of the molecule is CCC(O)CSc1ccccc1N. The van der Waals surface area contributed by atoms with E-state index < -0.39 is 0 Å². The number of aliphatic hydroxyl groups is 1. The molecule has 0 fully saturated rings. The average molecular weight is 197 g/mol. The van der Waals surface area contributed by atoms with Crippen molar-refractivity contribution in [2.45, 2.75) is 24.3 Å². The van der Waals surface area contributed by atoms with Gasteiger partial charge in [0.15, 0.2) is 0 Å². The number of aliphatic hydroxyl groups excluding tert-OH is 1. The van der Waals surface area contributed by atoms with Gasteiger partial charge in [-0.2, -0.15) is 0 Å². The van der Waals surface area contributed by atoms with Crippen LogP contribution >= 0.6 is 11.8 Å². The van der Waals surface area contributed by atoms with Crippen LogP contribution in [-0.4, -0.2) is 17.0 Å². The van der Waals surface area contributed by atoms with Crippen LogP contribution in [0.3, 0.4) is 0 Å². The van der Waals surface area contributed by atoms with Crippen LogP contribution in [0, 0.1) is 0 Å². The number of nitrogen functional groups attached to an aromatic ring is 1. The summed E-state index contributed by atoms with van der Waals surface area (Å²) in [6, 6.07) is 7.72. The van der Waals surface area contributed by atoms with Crippen molar-refractivity contribution in [2.24, 2.45) is 0 Å². The summed E-state index contributed by atoms with van der Waals surface area (Å²) >= 11 is 1.60. The number of anilines is 1. The second-order valence-electron chi connectivity index (χ2n) is 2.91. The molecule has 0 bridgehead atoms. The molecule has 0 saturated carbocycles. The fourth-order valence-electron chi connectivity index (χ4n) is 0.916. The number of para-hydroxylation sites is 1. The number of hydrogen-bond donors (Lipinski definition) is 2. The lowest BCUT2D eigenvalue weighted by Crippen LogP contribution is -2.07. The van der Waals surface area contributed by atoms with Crippen LogP contribution in [0.5, 0.6) is 0 Å². The van der Waals surface area contributed by atoms with Gasteiger partial charge in [0.05, 0.1) is 6.10 Å². The summed E-state index contributed by atoms with van der Waals surface area (Å²) < 4.78 is 0. The first-order valence-corrected chi connectivity index (χ1v) is 5.38. The maximum atomic E-state index is 9.35. The lowest BCUT2D eigenvalue weighted by molar-refractivity contribution is 0.195. The Morgan fingerprint density at radius 3 is 2.77 bits per heavy atom. The number of thioether (sulfide) groups is 1. The predicted molar refractivity (Wildman–Crippen MR) is 57.9 cm³/mol. The van der Waals surface area contributed by atoms with E-state index >= 15 is 0 Å². The third-order valence-corrected chi connectivity index (χ3v) is 3.06. The van der Waals surface area contributed by atoms with Crippen LogP contribution in [0.4, 0.5) is 5.69 Å². The van der Waals surface area contributed by atoms with Crippen LogP contribution in [-0.2, 0) is 0 Å². The van der Waals surface area contributed by atoms with E-state index in [2.05, 4.69) is 0 Å². The van der Waals surface area contributed by atoms with Gasteiger partial charge in [-0.1, -0.05) is 19.1 Å². The standard InChI is InChI=1S/C10H15NOS/c1-2-8(12)7-13-10-6-4-3-5-9(10)11/h3-6,8,12H,2,7,11H2,1H3. The molecule has 13 heavy (non-hydrogen) atoms. The van der Waals surface area contributed by atoms with Crippen molar-refractivity contribution in [1.29, 1.82) is 0 Å². The van der Waals surface area contributed by atoms with Gasteiger partial charge in [0.2, 0.25) is 0 Å². The number of benzene rings is 1. The summed E-state index contributed by atoms with van der Waals surface area (Å²) in [6.45, 7) is 1.97. The van der Waals surface area contributed by atoms with E-state index in [1.54, 1.807) is 11.8 Å². The third-order valence-electron chi connectivity index (χ3n) is 1.82. The van der Waals surface area contributed by atoms with E-state index in [1.807, 2.05) is 31.2 Å². The second-order valence-corrected chi connectivity index (χ2v) is 3.97. The van der Waals surface area contributed by atoms with Gasteiger partial charge in [-0.3, -0.25) is 0 Å². The van der Waals surface area contributed by atoms with E-state index in [1.165, 1.54) is 0 Å². The molecule has 3 N–H and O–H groups in total. The Morgan fingerprint density at radius 1 is 1.46 bits per heavy atom. The van der Waals surface area contributed by atoms with Crippen LogP contribution in [0.1, 0.15) is 13.3 Å². The third kappa shape index (κ3) is 3.28. The Labute approximate surface area is 83.1 Å². The van der Waals surface area contributed by atoms with E-state index in [0.717, 1.165) is 17.0 Å². The van der Waals surface area contributed by atoms with Gasteiger partial charge in [0.1, 0.15) is 0 Å². The van der Waals surface area contributed by atoms with Crippen molar-refractivity contribution < 1.29 is 5.11 Å². The van der Waals surface area contributed by atoms with Crippen molar-refractivity contribution in [3.8, 4) is 0 Å². The fraction of sp³-hybridized carbons (Fsp3) is 0.400. The molecule has 1 unspecified atom stereocenters. The number of nitrogens with two attached hydrogens (primary N) is 1. The van der Waals surface area contributed by atoms with Gasteiger partial charge in [0.25, 0.3) is 0 Å². The first-order chi connectivity index (χ1) is 6.24. The van der Waals surface area contributed by atoms with Crippen LogP contribution in [0.2, 0.25) is 0 Å². The Hall–Kier alpha value is -0.670. The molecule has 0 aliphatic carbocycles. The first kappa shape index (κ1) is 10.4. The van der Waals surface area contributed by atoms with Crippen molar-refractivity contribution in [2.75, 3.05) is 11.5 Å². The predicted octanol–water partition coefficient (Wildman–Crippen LogP) is 2.13. The minimum atomic E-state index is -0.232. The molecule has 2 nitrogen and oxygen atoms in total. The van der Waals surface area contributed by atoms with E-state index in [4.69, 9.17) is 5.73 Å². The van der Waals surface area contributed by atoms with Gasteiger partial charge in [-0.15, -0.1) is 11.8 Å². The highest BCUT2D eigenvalue weighted by Gasteiger charge is 2.03. The van der Waals surface area contributed by atoms with Gasteiger partial charge in [-0.25, -0.2) is 0 Å². The van der Waals surface area contributed by atoms with Gasteiger partial charge in [0, 0.05) is 16.3 Å². The Kier molecular flexibility index (Phi) is 4.12. The molecule has 0 amide bonds. The highest BCUT2D eigenvalue weighted by atomic mass is 32.2. The van der Waals surface area contributed by atoms with Crippen LogP contribution in [0.15, 0.2) is 29.2 Å². The molecule has 0 aliphatic rings. The topological polar surface area (TPSA) is 46.2 Å². The van der Waals surface area contributed by atoms with Gasteiger partial charge < -0.3 is 10.8 Å². The maximum absolute atomic E-state index is 9.35. The molecule has 0 heterocycles. The monoisotopic (exact) mass is 197 g/mol. The minimum absolute atomic E-state index is 0.232. The van der Waals surface area contributed by atoms with Crippen molar-refractivity contribution in [1.82, 2.24) is 0 Å². The molecule has 0 aromatic heterocycles. The molecular weight excluding hydrogens is 182 g/mol. The quantitative estimate of drug-likeness (QED) is 0.574. The van der Waals surface area contributed by atoms with E-state index in [-0.39, 0.29) is 6.10 Å². The van der Waals surface area contributed by atoms with E-state index in [9.17, 15) is 5.11 Å². The van der Waals surface area contributed by atoms with Gasteiger partial charge >= 0.3 is 0 Å². The van der Waals surface area contributed by atoms with E-state index in [0.29, 0.717) is 5.75 Å². The zero-order chi connectivity index (χ0) is 9.68. The molecule has 0 aliphatic heterocycles. The smallest absolute Gasteiger partial charge is 0.0631 e. The molecule has 0 spiro atoms. The molecule has 3 heteroatoms. The molecule has 0 saturated heterocycles. The lowest BCUT2D eigenvalue weighted by Gasteiger charge is -2.08. The summed E-state index contributed by atoms with van der Waals surface area (Å²) in [5.41, 5.74) is 6.53. The maximum Gasteiger partial charge on any atom is 0.0631 e. The first-order valence-electron chi connectivity index (χ1n) is 4.39. The highest BCUT2D eigenvalue weighted by Crippen LogP contribution is 2.25. The molecule has 0 radical (unpaired) electrons. The lowest BCUT2D eigenvalue weighted by atomic mass is 10.3. The second kappa shape index (κ2) is 5.14. The molecule has 1 aromatic carbocycles. The van der Waals surface area contributed by atoms with Crippen LogP contribution < -0.4 is 5.73 Å². The molecule has 1 atom stereocenters. The number of rotatable bonds is 4. The van der Waals surface area contributed by atoms with Crippen molar-refractivity contribution in [3.05, 3.63) is 24.3 Å².